The van der Waals surface area contributed by atoms with Gasteiger partial charge in [-0.1, -0.05) is 37.3 Å². The SMILES string of the molecule is CCC(NC(=O)c1ccc(OCC(=O)NC(C)C)c(OC)c1)c1ncc(-c2ccccc2)[nH]1. The first-order valence-corrected chi connectivity index (χ1v) is 10.9. The summed E-state index contributed by atoms with van der Waals surface area (Å²) in [6.45, 7) is 5.59. The number of imidazole rings is 1. The average Bonchev–Trinajstić information content (AvgIpc) is 3.31. The van der Waals surface area contributed by atoms with Gasteiger partial charge in [0.25, 0.3) is 11.8 Å². The van der Waals surface area contributed by atoms with Crippen molar-refractivity contribution in [1.29, 1.82) is 0 Å². The monoisotopic (exact) mass is 450 g/mol. The Hall–Kier alpha value is -3.81. The van der Waals surface area contributed by atoms with E-state index < -0.39 is 0 Å². The van der Waals surface area contributed by atoms with Crippen molar-refractivity contribution < 1.29 is 19.1 Å². The molecule has 3 rings (SSSR count). The second-order valence-electron chi connectivity index (χ2n) is 7.86. The number of nitrogens with zero attached hydrogens (tertiary/aromatic N) is 1. The lowest BCUT2D eigenvalue weighted by molar-refractivity contribution is -0.123. The third kappa shape index (κ3) is 6.35. The third-order valence-corrected chi connectivity index (χ3v) is 4.96. The molecular weight excluding hydrogens is 420 g/mol. The van der Waals surface area contributed by atoms with Crippen molar-refractivity contribution in [3.8, 4) is 22.8 Å². The molecule has 1 atom stereocenters. The van der Waals surface area contributed by atoms with Crippen molar-refractivity contribution in [2.24, 2.45) is 0 Å². The second-order valence-corrected chi connectivity index (χ2v) is 7.86. The number of ether oxygens (including phenoxy) is 2. The minimum Gasteiger partial charge on any atom is -0.493 e. The van der Waals surface area contributed by atoms with Gasteiger partial charge in [-0.15, -0.1) is 0 Å². The van der Waals surface area contributed by atoms with Crippen molar-refractivity contribution in [1.82, 2.24) is 20.6 Å². The summed E-state index contributed by atoms with van der Waals surface area (Å²) in [5.41, 5.74) is 2.34. The Morgan fingerprint density at radius 2 is 1.82 bits per heavy atom. The summed E-state index contributed by atoms with van der Waals surface area (Å²) in [5, 5.41) is 5.77. The Balaban J connectivity index is 1.68. The standard InChI is InChI=1S/C25H30N4O4/c1-5-19(24-26-14-20(28-24)17-9-7-6-8-10-17)29-25(31)18-11-12-21(22(13-18)32-4)33-15-23(30)27-16(2)3/h6-14,16,19H,5,15H2,1-4H3,(H,26,28)(H,27,30)(H,29,31). The van der Waals surface area contributed by atoms with Crippen molar-refractivity contribution >= 4 is 11.8 Å². The molecule has 2 aromatic carbocycles. The number of methoxy groups -OCH3 is 1. The topological polar surface area (TPSA) is 105 Å². The second kappa shape index (κ2) is 11.2. The van der Waals surface area contributed by atoms with Gasteiger partial charge in [0, 0.05) is 11.6 Å². The first-order valence-electron chi connectivity index (χ1n) is 10.9. The summed E-state index contributed by atoms with van der Waals surface area (Å²) < 4.78 is 10.9. The van der Waals surface area contributed by atoms with E-state index in [0.717, 1.165) is 11.3 Å². The number of H-pyrrole nitrogens is 1. The van der Waals surface area contributed by atoms with E-state index in [1.54, 1.807) is 24.4 Å². The molecule has 1 heterocycles. The van der Waals surface area contributed by atoms with Crippen LogP contribution in [0.4, 0.5) is 0 Å². The number of rotatable bonds is 10. The number of aromatic nitrogens is 2. The predicted molar refractivity (Wildman–Crippen MR) is 126 cm³/mol. The maximum absolute atomic E-state index is 12.9. The summed E-state index contributed by atoms with van der Waals surface area (Å²) in [7, 11) is 1.49. The average molecular weight is 451 g/mol. The predicted octanol–water partition coefficient (Wildman–Crippen LogP) is 3.87. The van der Waals surface area contributed by atoms with Crippen LogP contribution in [0, 0.1) is 0 Å². The molecule has 0 aliphatic rings. The zero-order valence-electron chi connectivity index (χ0n) is 19.3. The molecule has 0 radical (unpaired) electrons. The van der Waals surface area contributed by atoms with Gasteiger partial charge in [0.05, 0.1) is 25.0 Å². The van der Waals surface area contributed by atoms with E-state index >= 15 is 0 Å². The molecule has 3 aromatic rings. The summed E-state index contributed by atoms with van der Waals surface area (Å²) in [5.74, 6) is 0.957. The molecule has 1 unspecified atom stereocenters. The molecule has 0 bridgehead atoms. The van der Waals surface area contributed by atoms with Crippen LogP contribution in [0.25, 0.3) is 11.3 Å². The quantitative estimate of drug-likeness (QED) is 0.435. The van der Waals surface area contributed by atoms with Gasteiger partial charge >= 0.3 is 0 Å². The highest BCUT2D eigenvalue weighted by molar-refractivity contribution is 5.95. The number of carbonyl (C=O) groups is 2. The third-order valence-electron chi connectivity index (χ3n) is 4.96. The molecule has 33 heavy (non-hydrogen) atoms. The molecule has 3 N–H and O–H groups in total. The molecule has 0 aliphatic heterocycles. The van der Waals surface area contributed by atoms with E-state index in [4.69, 9.17) is 9.47 Å². The molecule has 0 fully saturated rings. The number of nitrogens with one attached hydrogen (secondary N) is 3. The zero-order valence-corrected chi connectivity index (χ0v) is 19.3. The minimum atomic E-state index is -0.281. The largest absolute Gasteiger partial charge is 0.493 e. The Kier molecular flexibility index (Phi) is 8.07. The Labute approximate surface area is 193 Å². The first kappa shape index (κ1) is 23.8. The molecule has 2 amide bonds. The molecule has 1 aromatic heterocycles. The van der Waals surface area contributed by atoms with Gasteiger partial charge in [0.2, 0.25) is 0 Å². The van der Waals surface area contributed by atoms with E-state index in [0.29, 0.717) is 29.3 Å². The van der Waals surface area contributed by atoms with E-state index in [-0.39, 0.29) is 30.5 Å². The zero-order chi connectivity index (χ0) is 23.8. The normalized spacial score (nSPS) is 11.7. The summed E-state index contributed by atoms with van der Waals surface area (Å²) in [4.78, 5) is 32.5. The highest BCUT2D eigenvalue weighted by Gasteiger charge is 2.19. The van der Waals surface area contributed by atoms with Gasteiger partial charge in [-0.25, -0.2) is 4.98 Å². The first-order chi connectivity index (χ1) is 15.9. The van der Waals surface area contributed by atoms with Gasteiger partial charge in [0.15, 0.2) is 18.1 Å². The van der Waals surface area contributed by atoms with Crippen molar-refractivity contribution in [2.75, 3.05) is 13.7 Å². The molecule has 0 saturated carbocycles. The molecule has 0 aliphatic carbocycles. The fourth-order valence-electron chi connectivity index (χ4n) is 3.32. The highest BCUT2D eigenvalue weighted by atomic mass is 16.5. The molecule has 8 nitrogen and oxygen atoms in total. The van der Waals surface area contributed by atoms with Crippen molar-refractivity contribution in [2.45, 2.75) is 39.3 Å². The lowest BCUT2D eigenvalue weighted by Crippen LogP contribution is -2.34. The Morgan fingerprint density at radius 1 is 1.06 bits per heavy atom. The number of hydrogen-bond donors (Lipinski definition) is 3. The molecule has 8 heteroatoms. The van der Waals surface area contributed by atoms with E-state index in [9.17, 15) is 9.59 Å². The summed E-state index contributed by atoms with van der Waals surface area (Å²) in [6, 6.07) is 14.5. The lowest BCUT2D eigenvalue weighted by atomic mass is 10.1. The summed E-state index contributed by atoms with van der Waals surface area (Å²) in [6.07, 6.45) is 2.43. The number of carbonyl (C=O) groups excluding carboxylic acids is 2. The van der Waals surface area contributed by atoms with Gasteiger partial charge in [-0.2, -0.15) is 0 Å². The van der Waals surface area contributed by atoms with Gasteiger partial charge in [-0.3, -0.25) is 9.59 Å². The maximum atomic E-state index is 12.9. The summed E-state index contributed by atoms with van der Waals surface area (Å²) >= 11 is 0. The van der Waals surface area contributed by atoms with Crippen molar-refractivity contribution in [3.05, 3.63) is 66.1 Å². The van der Waals surface area contributed by atoms with Gasteiger partial charge < -0.3 is 25.1 Å². The number of hydrogen-bond acceptors (Lipinski definition) is 5. The molecule has 0 spiro atoms. The van der Waals surface area contributed by atoms with Gasteiger partial charge in [0.1, 0.15) is 5.82 Å². The fraction of sp³-hybridized carbons (Fsp3) is 0.320. The Morgan fingerprint density at radius 3 is 2.48 bits per heavy atom. The number of benzene rings is 2. The van der Waals surface area contributed by atoms with Crippen LogP contribution in [0.1, 0.15) is 49.4 Å². The fourth-order valence-corrected chi connectivity index (χ4v) is 3.32. The molecule has 174 valence electrons. The highest BCUT2D eigenvalue weighted by Crippen LogP contribution is 2.28. The minimum absolute atomic E-state index is 0.0264. The molecular formula is C25H30N4O4. The Bertz CT molecular complexity index is 1080. The van der Waals surface area contributed by atoms with E-state index in [1.807, 2.05) is 51.1 Å². The molecule has 0 saturated heterocycles. The van der Waals surface area contributed by atoms with Crippen LogP contribution in [0.2, 0.25) is 0 Å². The van der Waals surface area contributed by atoms with Crippen LogP contribution in [0.3, 0.4) is 0 Å². The number of aromatic amines is 1. The van der Waals surface area contributed by atoms with E-state index in [1.165, 1.54) is 7.11 Å². The van der Waals surface area contributed by atoms with Crippen LogP contribution < -0.4 is 20.1 Å². The lowest BCUT2D eigenvalue weighted by Gasteiger charge is -2.16. The van der Waals surface area contributed by atoms with Crippen molar-refractivity contribution in [3.63, 3.8) is 0 Å². The van der Waals surface area contributed by atoms with Crippen LogP contribution in [0.15, 0.2) is 54.7 Å². The number of amides is 2. The maximum Gasteiger partial charge on any atom is 0.258 e. The van der Waals surface area contributed by atoms with Crippen LogP contribution >= 0.6 is 0 Å². The van der Waals surface area contributed by atoms with Crippen LogP contribution in [-0.2, 0) is 4.79 Å². The van der Waals surface area contributed by atoms with Crippen LogP contribution in [-0.4, -0.2) is 41.5 Å². The van der Waals surface area contributed by atoms with Crippen LogP contribution in [0.5, 0.6) is 11.5 Å². The van der Waals surface area contributed by atoms with E-state index in [2.05, 4.69) is 20.6 Å². The smallest absolute Gasteiger partial charge is 0.258 e. The van der Waals surface area contributed by atoms with Gasteiger partial charge in [-0.05, 0) is 44.0 Å².